The second-order valence-corrected chi connectivity index (χ2v) is 6.82. The summed E-state index contributed by atoms with van der Waals surface area (Å²) in [4.78, 5) is 38.2. The molecule has 0 fully saturated rings. The van der Waals surface area contributed by atoms with Crippen molar-refractivity contribution in [3.63, 3.8) is 0 Å². The number of rotatable bonds is 2. The molecule has 6 nitrogen and oxygen atoms in total. The van der Waals surface area contributed by atoms with E-state index < -0.39 is 23.4 Å². The van der Waals surface area contributed by atoms with Crippen LogP contribution in [0, 0.1) is 11.6 Å². The van der Waals surface area contributed by atoms with Gasteiger partial charge in [0.1, 0.15) is 11.6 Å². The molecule has 28 heavy (non-hydrogen) atoms. The molecule has 0 spiro atoms. The zero-order chi connectivity index (χ0) is 19.8. The molecule has 2 aromatic carbocycles. The molecule has 144 valence electrons. The Kier molecular flexibility index (Phi) is 4.54. The molecule has 2 N–H and O–H groups in total. The Morgan fingerprint density at radius 2 is 1.64 bits per heavy atom. The largest absolute Gasteiger partial charge is 0.318 e. The first-order valence-electron chi connectivity index (χ1n) is 8.96. The third kappa shape index (κ3) is 3.33. The van der Waals surface area contributed by atoms with E-state index in [1.807, 2.05) is 0 Å². The van der Waals surface area contributed by atoms with Gasteiger partial charge in [-0.2, -0.15) is 0 Å². The average Bonchev–Trinajstić information content (AvgIpc) is 2.66. The van der Waals surface area contributed by atoms with Gasteiger partial charge in [-0.1, -0.05) is 0 Å². The molecule has 0 saturated heterocycles. The lowest BCUT2D eigenvalue weighted by atomic mass is 9.91. The molecular weight excluding hydrogens is 368 g/mol. The van der Waals surface area contributed by atoms with Crippen molar-refractivity contribution in [1.82, 2.24) is 0 Å². The number of nitrogens with zero attached hydrogens (tertiary/aromatic N) is 1. The van der Waals surface area contributed by atoms with Crippen molar-refractivity contribution in [2.75, 3.05) is 22.1 Å². The smallest absolute Gasteiger partial charge is 0.314 e. The molecule has 0 unspecified atom stereocenters. The Morgan fingerprint density at radius 1 is 0.929 bits per heavy atom. The molecule has 2 aromatic rings. The number of anilines is 3. The summed E-state index contributed by atoms with van der Waals surface area (Å²) in [6.45, 7) is 0.691. The highest BCUT2D eigenvalue weighted by Crippen LogP contribution is 2.37. The predicted molar refractivity (Wildman–Crippen MR) is 99.1 cm³/mol. The molecule has 0 atom stereocenters. The van der Waals surface area contributed by atoms with Crippen LogP contribution in [-0.2, 0) is 27.2 Å². The third-order valence-corrected chi connectivity index (χ3v) is 4.92. The van der Waals surface area contributed by atoms with Gasteiger partial charge in [-0.25, -0.2) is 8.78 Å². The van der Waals surface area contributed by atoms with Gasteiger partial charge in [0, 0.05) is 24.7 Å². The highest BCUT2D eigenvalue weighted by molar-refractivity contribution is 6.43. The van der Waals surface area contributed by atoms with Gasteiger partial charge >= 0.3 is 11.8 Å². The zero-order valence-electron chi connectivity index (χ0n) is 14.9. The summed E-state index contributed by atoms with van der Waals surface area (Å²) in [5.41, 5.74) is 2.99. The summed E-state index contributed by atoms with van der Waals surface area (Å²) in [6.07, 6.45) is 2.60. The fourth-order valence-electron chi connectivity index (χ4n) is 3.68. The van der Waals surface area contributed by atoms with E-state index in [9.17, 15) is 23.2 Å². The number of benzene rings is 2. The predicted octanol–water partition coefficient (Wildman–Crippen LogP) is 2.77. The van der Waals surface area contributed by atoms with Crippen LogP contribution in [0.25, 0.3) is 0 Å². The number of amides is 3. The van der Waals surface area contributed by atoms with Gasteiger partial charge < -0.3 is 15.5 Å². The monoisotopic (exact) mass is 385 g/mol. The molecule has 0 aliphatic carbocycles. The summed E-state index contributed by atoms with van der Waals surface area (Å²) < 4.78 is 26.6. The van der Waals surface area contributed by atoms with Crippen molar-refractivity contribution in [2.24, 2.45) is 0 Å². The quantitative estimate of drug-likeness (QED) is 0.781. The van der Waals surface area contributed by atoms with Crippen molar-refractivity contribution in [3.05, 3.63) is 53.1 Å². The van der Waals surface area contributed by atoms with E-state index in [1.165, 1.54) is 0 Å². The van der Waals surface area contributed by atoms with E-state index in [1.54, 1.807) is 17.0 Å². The maximum Gasteiger partial charge on any atom is 0.314 e. The second-order valence-electron chi connectivity index (χ2n) is 6.82. The van der Waals surface area contributed by atoms with E-state index in [0.29, 0.717) is 31.1 Å². The van der Waals surface area contributed by atoms with Crippen LogP contribution in [0.2, 0.25) is 0 Å². The van der Waals surface area contributed by atoms with Crippen molar-refractivity contribution >= 4 is 34.8 Å². The molecule has 0 radical (unpaired) electrons. The molecule has 2 heterocycles. The van der Waals surface area contributed by atoms with Crippen LogP contribution in [0.15, 0.2) is 30.3 Å². The number of aryl methyl sites for hydroxylation is 2. The summed E-state index contributed by atoms with van der Waals surface area (Å²) in [7, 11) is 0. The zero-order valence-corrected chi connectivity index (χ0v) is 14.9. The van der Waals surface area contributed by atoms with Gasteiger partial charge in [-0.05, 0) is 54.7 Å². The number of carbonyl (C=O) groups is 3. The van der Waals surface area contributed by atoms with E-state index in [2.05, 4.69) is 10.6 Å². The van der Waals surface area contributed by atoms with E-state index >= 15 is 0 Å². The third-order valence-electron chi connectivity index (χ3n) is 4.92. The Labute approximate surface area is 159 Å². The number of nitrogens with one attached hydrogen (secondary N) is 2. The Hall–Kier alpha value is -3.29. The SMILES string of the molecule is O=C(Nc1cc2c3c(c1)CCC(=O)N3CCC2)C(=O)Nc1ccc(F)cc1F. The highest BCUT2D eigenvalue weighted by Gasteiger charge is 2.30. The van der Waals surface area contributed by atoms with Crippen molar-refractivity contribution in [1.29, 1.82) is 0 Å². The minimum Gasteiger partial charge on any atom is -0.318 e. The van der Waals surface area contributed by atoms with Crippen LogP contribution in [0.5, 0.6) is 0 Å². The maximum atomic E-state index is 13.6. The van der Waals surface area contributed by atoms with Crippen LogP contribution < -0.4 is 15.5 Å². The number of carbonyl (C=O) groups excluding carboxylic acids is 3. The normalized spacial score (nSPS) is 15.1. The standard InChI is InChI=1S/C20H17F2N3O3/c21-13-4-5-16(15(22)10-13)24-20(28)19(27)23-14-8-11-2-1-7-25-17(26)6-3-12(9-14)18(11)25/h4-5,8-10H,1-3,6-7H2,(H,23,27)(H,24,28). The van der Waals surface area contributed by atoms with E-state index in [-0.39, 0.29) is 11.6 Å². The Balaban J connectivity index is 1.52. The van der Waals surface area contributed by atoms with Crippen LogP contribution in [0.1, 0.15) is 24.0 Å². The molecule has 0 saturated carbocycles. The fraction of sp³-hybridized carbons (Fsp3) is 0.250. The summed E-state index contributed by atoms with van der Waals surface area (Å²) in [6, 6.07) is 6.16. The average molecular weight is 385 g/mol. The molecule has 2 aliphatic rings. The summed E-state index contributed by atoms with van der Waals surface area (Å²) >= 11 is 0. The molecule has 0 bridgehead atoms. The van der Waals surface area contributed by atoms with Gasteiger partial charge in [0.2, 0.25) is 5.91 Å². The summed E-state index contributed by atoms with van der Waals surface area (Å²) in [5, 5.41) is 4.64. The number of hydrogen-bond acceptors (Lipinski definition) is 3. The van der Waals surface area contributed by atoms with Crippen LogP contribution in [-0.4, -0.2) is 24.3 Å². The molecule has 0 aromatic heterocycles. The van der Waals surface area contributed by atoms with Crippen molar-refractivity contribution in [2.45, 2.75) is 25.7 Å². The van der Waals surface area contributed by atoms with E-state index in [0.717, 1.165) is 41.8 Å². The molecular formula is C20H17F2N3O3. The Morgan fingerprint density at radius 3 is 2.39 bits per heavy atom. The molecule has 3 amide bonds. The lowest BCUT2D eigenvalue weighted by molar-refractivity contribution is -0.133. The van der Waals surface area contributed by atoms with Gasteiger partial charge in [0.25, 0.3) is 0 Å². The van der Waals surface area contributed by atoms with Gasteiger partial charge in [0.05, 0.1) is 11.4 Å². The minimum atomic E-state index is -1.06. The molecule has 2 aliphatic heterocycles. The molecule has 4 rings (SSSR count). The van der Waals surface area contributed by atoms with Gasteiger partial charge in [-0.3, -0.25) is 14.4 Å². The van der Waals surface area contributed by atoms with Crippen molar-refractivity contribution in [3.8, 4) is 0 Å². The maximum absolute atomic E-state index is 13.6. The van der Waals surface area contributed by atoms with E-state index in [4.69, 9.17) is 0 Å². The first kappa shape index (κ1) is 18.1. The first-order valence-corrected chi connectivity index (χ1v) is 8.96. The van der Waals surface area contributed by atoms with Crippen LogP contribution in [0.4, 0.5) is 25.8 Å². The first-order chi connectivity index (χ1) is 13.4. The number of halogens is 2. The highest BCUT2D eigenvalue weighted by atomic mass is 19.1. The van der Waals surface area contributed by atoms with Gasteiger partial charge in [0.15, 0.2) is 0 Å². The topological polar surface area (TPSA) is 78.5 Å². The molecule has 8 heteroatoms. The minimum absolute atomic E-state index is 0.103. The van der Waals surface area contributed by atoms with Crippen LogP contribution >= 0.6 is 0 Å². The van der Waals surface area contributed by atoms with Crippen LogP contribution in [0.3, 0.4) is 0 Å². The Bertz CT molecular complexity index is 989. The van der Waals surface area contributed by atoms with Gasteiger partial charge in [-0.15, -0.1) is 0 Å². The fourth-order valence-corrected chi connectivity index (χ4v) is 3.68. The second kappa shape index (κ2) is 7.03. The number of hydrogen-bond donors (Lipinski definition) is 2. The lowest BCUT2D eigenvalue weighted by Gasteiger charge is -2.35. The van der Waals surface area contributed by atoms with Crippen molar-refractivity contribution < 1.29 is 23.2 Å². The lowest BCUT2D eigenvalue weighted by Crippen LogP contribution is -2.39. The summed E-state index contributed by atoms with van der Waals surface area (Å²) in [5.74, 6) is -3.67.